The van der Waals surface area contributed by atoms with Crippen LogP contribution in [0.15, 0.2) is 54.6 Å². The molecular weight excluding hydrogens is 374 g/mol. The highest BCUT2D eigenvalue weighted by atomic mass is 35.5. The van der Waals surface area contributed by atoms with E-state index in [4.69, 9.17) is 11.6 Å². The van der Waals surface area contributed by atoms with Crippen LogP contribution in [-0.4, -0.2) is 41.2 Å². The molecule has 3 rings (SSSR count). The maximum absolute atomic E-state index is 13.8. The number of nitrogens with zero attached hydrogens (tertiary/aromatic N) is 1. The Morgan fingerprint density at radius 1 is 1.22 bits per heavy atom. The van der Waals surface area contributed by atoms with Crippen molar-refractivity contribution in [1.29, 1.82) is 0 Å². The van der Waals surface area contributed by atoms with Crippen molar-refractivity contribution in [3.63, 3.8) is 0 Å². The molecule has 1 fully saturated rings. The van der Waals surface area contributed by atoms with Crippen molar-refractivity contribution < 1.29 is 18.7 Å². The highest BCUT2D eigenvalue weighted by molar-refractivity contribution is 6.31. The number of halogens is 3. The first-order valence-electron chi connectivity index (χ1n) is 8.76. The summed E-state index contributed by atoms with van der Waals surface area (Å²) < 4.78 is 27.6. The summed E-state index contributed by atoms with van der Waals surface area (Å²) in [4.78, 5) is 13.7. The van der Waals surface area contributed by atoms with Gasteiger partial charge in [-0.2, -0.15) is 0 Å². The minimum Gasteiger partial charge on any atom is -0.387 e. The van der Waals surface area contributed by atoms with Crippen molar-refractivity contribution in [2.45, 2.75) is 30.9 Å². The number of aliphatic hydroxyl groups is 1. The number of hydrogen-bond donors (Lipinski definition) is 2. The molecule has 0 bridgehead atoms. The van der Waals surface area contributed by atoms with Crippen LogP contribution in [0.1, 0.15) is 23.6 Å². The highest BCUT2D eigenvalue weighted by Crippen LogP contribution is 2.28. The quantitative estimate of drug-likeness (QED) is 0.822. The lowest BCUT2D eigenvalue weighted by atomic mass is 9.98. The number of hydrogen-bond acceptors (Lipinski definition) is 2. The first-order valence-corrected chi connectivity index (χ1v) is 9.14. The maximum atomic E-state index is 13.8. The number of alkyl halides is 2. The molecule has 0 aliphatic carbocycles. The van der Waals surface area contributed by atoms with Gasteiger partial charge >= 0.3 is 6.03 Å². The Bertz CT molecular complexity index is 789. The van der Waals surface area contributed by atoms with E-state index in [1.807, 2.05) is 48.5 Å². The van der Waals surface area contributed by atoms with Gasteiger partial charge < -0.3 is 15.3 Å². The third-order valence-electron chi connectivity index (χ3n) is 4.73. The molecule has 0 spiro atoms. The number of carbonyl (C=O) groups is 1. The molecule has 0 aromatic heterocycles. The molecule has 1 aliphatic rings. The molecule has 4 nitrogen and oxygen atoms in total. The monoisotopic (exact) mass is 394 g/mol. The Morgan fingerprint density at radius 3 is 2.56 bits per heavy atom. The molecule has 7 heteroatoms. The lowest BCUT2D eigenvalue weighted by Crippen LogP contribution is -2.56. The summed E-state index contributed by atoms with van der Waals surface area (Å²) in [6.07, 6.45) is -1.43. The molecule has 0 radical (unpaired) electrons. The number of urea groups is 1. The number of amides is 2. The fraction of sp³-hybridized carbons (Fsp3) is 0.350. The molecule has 1 saturated heterocycles. The fourth-order valence-electron chi connectivity index (χ4n) is 3.16. The SMILES string of the molecule is O=C(NC(Cc1ccccc1Cl)c1ccccc1)N1CCC(O)C(F)(F)C1. The van der Waals surface area contributed by atoms with Crippen LogP contribution in [0.25, 0.3) is 0 Å². The lowest BCUT2D eigenvalue weighted by molar-refractivity contribution is -0.141. The van der Waals surface area contributed by atoms with Gasteiger partial charge in [0.25, 0.3) is 5.92 Å². The lowest BCUT2D eigenvalue weighted by Gasteiger charge is -2.36. The van der Waals surface area contributed by atoms with Crippen LogP contribution in [0, 0.1) is 0 Å². The Kier molecular flexibility index (Phi) is 5.97. The summed E-state index contributed by atoms with van der Waals surface area (Å²) in [7, 11) is 0. The minimum absolute atomic E-state index is 0.0796. The van der Waals surface area contributed by atoms with Gasteiger partial charge in [0.05, 0.1) is 12.6 Å². The van der Waals surface area contributed by atoms with Gasteiger partial charge in [-0.1, -0.05) is 60.1 Å². The van der Waals surface area contributed by atoms with Crippen LogP contribution in [-0.2, 0) is 6.42 Å². The number of piperidine rings is 1. The van der Waals surface area contributed by atoms with Gasteiger partial charge in [0.1, 0.15) is 6.10 Å². The van der Waals surface area contributed by atoms with Crippen molar-refractivity contribution in [3.05, 3.63) is 70.7 Å². The van der Waals surface area contributed by atoms with Gasteiger partial charge in [0.2, 0.25) is 0 Å². The summed E-state index contributed by atoms with van der Waals surface area (Å²) >= 11 is 6.24. The van der Waals surface area contributed by atoms with E-state index in [1.165, 1.54) is 0 Å². The Balaban J connectivity index is 1.77. The molecular formula is C20H21ClF2N2O2. The third-order valence-corrected chi connectivity index (χ3v) is 5.10. The number of likely N-dealkylation sites (tertiary alicyclic amines) is 1. The minimum atomic E-state index is -3.30. The first kappa shape index (κ1) is 19.6. The van der Waals surface area contributed by atoms with Crippen molar-refractivity contribution in [2.75, 3.05) is 13.1 Å². The average molecular weight is 395 g/mol. The van der Waals surface area contributed by atoms with Gasteiger partial charge in [0.15, 0.2) is 0 Å². The van der Waals surface area contributed by atoms with E-state index in [1.54, 1.807) is 6.07 Å². The standard InChI is InChI=1S/C20H21ClF2N2O2/c21-16-9-5-4-8-15(16)12-17(14-6-2-1-3-7-14)24-19(27)25-11-10-18(26)20(22,23)13-25/h1-9,17-18,26H,10-13H2,(H,24,27). The molecule has 27 heavy (non-hydrogen) atoms. The summed E-state index contributed by atoms with van der Waals surface area (Å²) in [5.74, 6) is -3.30. The molecule has 2 atom stereocenters. The molecule has 0 saturated carbocycles. The van der Waals surface area contributed by atoms with E-state index in [-0.39, 0.29) is 13.0 Å². The second-order valence-corrected chi connectivity index (χ2v) is 7.10. The summed E-state index contributed by atoms with van der Waals surface area (Å²) in [5.41, 5.74) is 1.71. The summed E-state index contributed by atoms with van der Waals surface area (Å²) in [6, 6.07) is 15.6. The van der Waals surface area contributed by atoms with E-state index in [0.717, 1.165) is 16.0 Å². The van der Waals surface area contributed by atoms with Gasteiger partial charge in [-0.25, -0.2) is 13.6 Å². The predicted octanol–water partition coefficient (Wildman–Crippen LogP) is 4.04. The van der Waals surface area contributed by atoms with E-state index in [9.17, 15) is 18.7 Å². The van der Waals surface area contributed by atoms with E-state index < -0.39 is 30.6 Å². The Hall–Kier alpha value is -2.18. The average Bonchev–Trinajstić information content (AvgIpc) is 2.65. The number of benzene rings is 2. The largest absolute Gasteiger partial charge is 0.387 e. The Morgan fingerprint density at radius 2 is 1.89 bits per heavy atom. The molecule has 2 aromatic rings. The zero-order chi connectivity index (χ0) is 19.4. The van der Waals surface area contributed by atoms with Crippen LogP contribution in [0.3, 0.4) is 0 Å². The second kappa shape index (κ2) is 8.23. The first-order chi connectivity index (χ1) is 12.9. The third kappa shape index (κ3) is 4.76. The summed E-state index contributed by atoms with van der Waals surface area (Å²) in [5, 5.41) is 12.8. The predicted molar refractivity (Wildman–Crippen MR) is 100 cm³/mol. The van der Waals surface area contributed by atoms with Gasteiger partial charge in [-0.05, 0) is 30.0 Å². The van der Waals surface area contributed by atoms with E-state index in [2.05, 4.69) is 5.32 Å². The molecule has 2 N–H and O–H groups in total. The Labute approximate surface area is 161 Å². The van der Waals surface area contributed by atoms with Crippen LogP contribution < -0.4 is 5.32 Å². The van der Waals surface area contributed by atoms with Crippen molar-refractivity contribution in [1.82, 2.24) is 10.2 Å². The zero-order valence-corrected chi connectivity index (χ0v) is 15.4. The van der Waals surface area contributed by atoms with Crippen molar-refractivity contribution >= 4 is 17.6 Å². The van der Waals surface area contributed by atoms with Crippen molar-refractivity contribution in [3.8, 4) is 0 Å². The van der Waals surface area contributed by atoms with Crippen LogP contribution in [0.4, 0.5) is 13.6 Å². The van der Waals surface area contributed by atoms with Crippen LogP contribution in [0.2, 0.25) is 5.02 Å². The number of nitrogens with one attached hydrogen (secondary N) is 1. The van der Waals surface area contributed by atoms with Crippen molar-refractivity contribution in [2.24, 2.45) is 0 Å². The van der Waals surface area contributed by atoms with E-state index in [0.29, 0.717) is 11.4 Å². The molecule has 2 amide bonds. The highest BCUT2D eigenvalue weighted by Gasteiger charge is 2.45. The molecule has 1 aliphatic heterocycles. The van der Waals surface area contributed by atoms with Crippen LogP contribution in [0.5, 0.6) is 0 Å². The van der Waals surface area contributed by atoms with E-state index >= 15 is 0 Å². The zero-order valence-electron chi connectivity index (χ0n) is 14.6. The number of rotatable bonds is 4. The smallest absolute Gasteiger partial charge is 0.318 e. The molecule has 144 valence electrons. The normalized spacial score (nSPS) is 20.1. The number of aliphatic hydroxyl groups excluding tert-OH is 1. The second-order valence-electron chi connectivity index (χ2n) is 6.70. The molecule has 2 aromatic carbocycles. The summed E-state index contributed by atoms with van der Waals surface area (Å²) in [6.45, 7) is -0.718. The topological polar surface area (TPSA) is 52.6 Å². The van der Waals surface area contributed by atoms with Gasteiger partial charge in [-0.3, -0.25) is 0 Å². The molecule has 1 heterocycles. The van der Waals surface area contributed by atoms with Gasteiger partial charge in [-0.15, -0.1) is 0 Å². The maximum Gasteiger partial charge on any atom is 0.318 e. The fourth-order valence-corrected chi connectivity index (χ4v) is 3.38. The van der Waals surface area contributed by atoms with Gasteiger partial charge in [0, 0.05) is 11.6 Å². The molecule has 2 unspecified atom stereocenters. The number of carbonyl (C=O) groups excluding carboxylic acids is 1. The van der Waals surface area contributed by atoms with Crippen LogP contribution >= 0.6 is 11.6 Å².